The molecule has 1 atom stereocenters. The topological polar surface area (TPSA) is 88.0 Å². The maximum absolute atomic E-state index is 13.7. The zero-order valence-corrected chi connectivity index (χ0v) is 13.1. The monoisotopic (exact) mass is 343 g/mol. The molecule has 0 spiro atoms. The first-order valence-electron chi connectivity index (χ1n) is 7.56. The van der Waals surface area contributed by atoms with E-state index in [0.29, 0.717) is 0 Å². The smallest absolute Gasteiger partial charge is 0.255 e. The molecule has 0 fully saturated rings. The summed E-state index contributed by atoms with van der Waals surface area (Å²) in [4.78, 5) is 27.0. The van der Waals surface area contributed by atoms with Crippen molar-refractivity contribution in [2.24, 2.45) is 5.73 Å². The Morgan fingerprint density at radius 2 is 1.88 bits per heavy atom. The van der Waals surface area contributed by atoms with Gasteiger partial charge < -0.3 is 16.0 Å². The van der Waals surface area contributed by atoms with Gasteiger partial charge in [-0.3, -0.25) is 9.59 Å². The number of primary amides is 1. The van der Waals surface area contributed by atoms with Gasteiger partial charge in [0.25, 0.3) is 5.91 Å². The van der Waals surface area contributed by atoms with Crippen LogP contribution in [0.4, 0.5) is 8.78 Å². The van der Waals surface area contributed by atoms with Crippen LogP contribution < -0.4 is 11.1 Å². The summed E-state index contributed by atoms with van der Waals surface area (Å²) in [7, 11) is 0. The lowest BCUT2D eigenvalue weighted by atomic mass is 10.0. The molecule has 25 heavy (non-hydrogen) atoms. The third-order valence-corrected chi connectivity index (χ3v) is 3.94. The van der Waals surface area contributed by atoms with Gasteiger partial charge in [0, 0.05) is 23.5 Å². The zero-order valence-electron chi connectivity index (χ0n) is 13.1. The molecule has 3 aromatic rings. The Labute approximate surface area is 141 Å². The molecule has 4 N–H and O–H groups in total. The molecule has 5 nitrogen and oxygen atoms in total. The van der Waals surface area contributed by atoms with Crippen LogP contribution in [0.3, 0.4) is 0 Å². The minimum absolute atomic E-state index is 0.127. The van der Waals surface area contributed by atoms with Crippen LogP contribution in [-0.2, 0) is 11.2 Å². The van der Waals surface area contributed by atoms with Crippen molar-refractivity contribution >= 4 is 22.7 Å². The van der Waals surface area contributed by atoms with E-state index in [9.17, 15) is 18.4 Å². The molecule has 0 aliphatic rings. The summed E-state index contributed by atoms with van der Waals surface area (Å²) in [6.07, 6.45) is 1.84. The van der Waals surface area contributed by atoms with Crippen LogP contribution in [0.15, 0.2) is 48.7 Å². The van der Waals surface area contributed by atoms with Crippen LogP contribution in [0.5, 0.6) is 0 Å². The zero-order chi connectivity index (χ0) is 18.0. The summed E-state index contributed by atoms with van der Waals surface area (Å²) < 4.78 is 27.0. The minimum Gasteiger partial charge on any atom is -0.368 e. The van der Waals surface area contributed by atoms with Gasteiger partial charge in [0.2, 0.25) is 5.91 Å². The lowest BCUT2D eigenvalue weighted by Crippen LogP contribution is -2.46. The number of carbonyl (C=O) groups excluding carboxylic acids is 2. The normalized spacial score (nSPS) is 12.1. The van der Waals surface area contributed by atoms with Gasteiger partial charge in [0.05, 0.1) is 5.56 Å². The number of carbonyl (C=O) groups is 2. The van der Waals surface area contributed by atoms with Crippen molar-refractivity contribution in [2.75, 3.05) is 0 Å². The number of aromatic amines is 1. The molecule has 0 unspecified atom stereocenters. The number of rotatable bonds is 5. The van der Waals surface area contributed by atoms with Crippen LogP contribution in [-0.4, -0.2) is 22.8 Å². The van der Waals surface area contributed by atoms with Crippen molar-refractivity contribution in [3.63, 3.8) is 0 Å². The fourth-order valence-corrected chi connectivity index (χ4v) is 2.66. The summed E-state index contributed by atoms with van der Waals surface area (Å²) >= 11 is 0. The number of hydrogen-bond acceptors (Lipinski definition) is 2. The van der Waals surface area contributed by atoms with E-state index in [1.807, 2.05) is 24.3 Å². The minimum atomic E-state index is -1.27. The van der Waals surface area contributed by atoms with Gasteiger partial charge in [-0.2, -0.15) is 0 Å². The molecule has 3 rings (SSSR count). The van der Waals surface area contributed by atoms with E-state index < -0.39 is 35.1 Å². The maximum atomic E-state index is 13.7. The van der Waals surface area contributed by atoms with E-state index >= 15 is 0 Å². The van der Waals surface area contributed by atoms with Crippen molar-refractivity contribution in [1.82, 2.24) is 10.3 Å². The Morgan fingerprint density at radius 1 is 1.12 bits per heavy atom. The summed E-state index contributed by atoms with van der Waals surface area (Å²) in [6.45, 7) is 0. The average molecular weight is 343 g/mol. The average Bonchev–Trinajstić information content (AvgIpc) is 2.99. The van der Waals surface area contributed by atoms with Gasteiger partial charge in [0.1, 0.15) is 6.04 Å². The van der Waals surface area contributed by atoms with Crippen LogP contribution in [0, 0.1) is 11.6 Å². The van der Waals surface area contributed by atoms with E-state index in [1.165, 1.54) is 6.07 Å². The number of H-pyrrole nitrogens is 1. The van der Waals surface area contributed by atoms with Gasteiger partial charge >= 0.3 is 0 Å². The Hall–Kier alpha value is -3.22. The number of nitrogens with one attached hydrogen (secondary N) is 2. The Kier molecular flexibility index (Phi) is 4.47. The second-order valence-corrected chi connectivity index (χ2v) is 5.59. The van der Waals surface area contributed by atoms with Gasteiger partial charge in [-0.15, -0.1) is 0 Å². The predicted octanol–water partition coefficient (Wildman–Crippen LogP) is 2.27. The number of halogens is 2. The molecule has 2 amide bonds. The van der Waals surface area contributed by atoms with Gasteiger partial charge in [-0.25, -0.2) is 8.78 Å². The molecule has 0 saturated heterocycles. The molecule has 0 bridgehead atoms. The highest BCUT2D eigenvalue weighted by Gasteiger charge is 2.23. The standard InChI is InChI=1S/C18H15F2N3O2/c19-13-6-3-5-12(16(13)20)18(25)23-15(17(21)24)8-10-9-22-14-7-2-1-4-11(10)14/h1-7,9,15,22H,8H2,(H2,21,24)(H,23,25)/t15-/m0/s1. The second-order valence-electron chi connectivity index (χ2n) is 5.59. The number of para-hydroxylation sites is 1. The summed E-state index contributed by atoms with van der Waals surface area (Å²) in [5, 5.41) is 3.26. The summed E-state index contributed by atoms with van der Waals surface area (Å²) in [5.41, 5.74) is 6.53. The van der Waals surface area contributed by atoms with E-state index in [0.717, 1.165) is 28.6 Å². The first kappa shape index (κ1) is 16.6. The SMILES string of the molecule is NC(=O)[C@H](Cc1c[nH]c2ccccc12)NC(=O)c1cccc(F)c1F. The van der Waals surface area contributed by atoms with E-state index in [4.69, 9.17) is 5.73 Å². The molecular weight excluding hydrogens is 328 g/mol. The van der Waals surface area contributed by atoms with Crippen LogP contribution in [0.25, 0.3) is 10.9 Å². The maximum Gasteiger partial charge on any atom is 0.255 e. The quantitative estimate of drug-likeness (QED) is 0.664. The van der Waals surface area contributed by atoms with E-state index in [1.54, 1.807) is 6.20 Å². The van der Waals surface area contributed by atoms with Crippen molar-refractivity contribution in [2.45, 2.75) is 12.5 Å². The molecule has 2 aromatic carbocycles. The summed E-state index contributed by atoms with van der Waals surface area (Å²) in [6, 6.07) is 9.65. The van der Waals surface area contributed by atoms with Crippen molar-refractivity contribution < 1.29 is 18.4 Å². The number of amides is 2. The lowest BCUT2D eigenvalue weighted by Gasteiger charge is -2.15. The third-order valence-electron chi connectivity index (χ3n) is 3.94. The Balaban J connectivity index is 1.83. The summed E-state index contributed by atoms with van der Waals surface area (Å²) in [5.74, 6) is -4.08. The fourth-order valence-electron chi connectivity index (χ4n) is 2.66. The van der Waals surface area contributed by atoms with E-state index in [-0.39, 0.29) is 6.42 Å². The Bertz CT molecular complexity index is 952. The lowest BCUT2D eigenvalue weighted by molar-refractivity contribution is -0.119. The molecule has 128 valence electrons. The van der Waals surface area contributed by atoms with Gasteiger partial charge in [-0.1, -0.05) is 24.3 Å². The Morgan fingerprint density at radius 3 is 2.64 bits per heavy atom. The third kappa shape index (κ3) is 3.35. The van der Waals surface area contributed by atoms with Crippen molar-refractivity contribution in [1.29, 1.82) is 0 Å². The number of hydrogen-bond donors (Lipinski definition) is 3. The van der Waals surface area contributed by atoms with E-state index in [2.05, 4.69) is 10.3 Å². The first-order chi connectivity index (χ1) is 12.0. The highest BCUT2D eigenvalue weighted by molar-refractivity contribution is 5.97. The molecule has 0 aliphatic heterocycles. The molecule has 0 saturated carbocycles. The highest BCUT2D eigenvalue weighted by atomic mass is 19.2. The van der Waals surface area contributed by atoms with Crippen LogP contribution in [0.1, 0.15) is 15.9 Å². The van der Waals surface area contributed by atoms with Gasteiger partial charge in [0.15, 0.2) is 11.6 Å². The van der Waals surface area contributed by atoms with Crippen LogP contribution >= 0.6 is 0 Å². The van der Waals surface area contributed by atoms with Crippen molar-refractivity contribution in [3.05, 3.63) is 71.4 Å². The number of nitrogens with two attached hydrogens (primary N) is 1. The molecule has 0 aliphatic carbocycles. The number of aromatic nitrogens is 1. The fraction of sp³-hybridized carbons (Fsp3) is 0.111. The van der Waals surface area contributed by atoms with Gasteiger partial charge in [-0.05, 0) is 23.8 Å². The van der Waals surface area contributed by atoms with Crippen molar-refractivity contribution in [3.8, 4) is 0 Å². The van der Waals surface area contributed by atoms with Crippen LogP contribution in [0.2, 0.25) is 0 Å². The molecule has 1 aromatic heterocycles. The number of benzene rings is 2. The predicted molar refractivity (Wildman–Crippen MR) is 88.8 cm³/mol. The molecule has 1 heterocycles. The molecule has 7 heteroatoms. The molecule has 0 radical (unpaired) electrons. The largest absolute Gasteiger partial charge is 0.368 e. The second kappa shape index (κ2) is 6.72. The molecular formula is C18H15F2N3O2. The first-order valence-corrected chi connectivity index (χ1v) is 7.56. The highest BCUT2D eigenvalue weighted by Crippen LogP contribution is 2.19. The number of fused-ring (bicyclic) bond motifs is 1.